The molecule has 0 radical (unpaired) electrons. The molecule has 0 N–H and O–H groups in total. The van der Waals surface area contributed by atoms with E-state index in [1.807, 2.05) is 20.8 Å². The minimum absolute atomic E-state index is 0.0391. The zero-order valence-electron chi connectivity index (χ0n) is 12.9. The normalized spacial score (nSPS) is 12.8. The van der Waals surface area contributed by atoms with Gasteiger partial charge < -0.3 is 4.74 Å². The molecular formula is C14H21Cl2NO3S. The van der Waals surface area contributed by atoms with Gasteiger partial charge in [-0.1, -0.05) is 18.5 Å². The molecule has 0 heterocycles. The first-order valence-electron chi connectivity index (χ1n) is 6.53. The van der Waals surface area contributed by atoms with Gasteiger partial charge in [-0.25, -0.2) is 8.42 Å². The summed E-state index contributed by atoms with van der Waals surface area (Å²) in [5, 5.41) is 0.313. The predicted octanol–water partition coefficient (Wildman–Crippen LogP) is 3.90. The first-order chi connectivity index (χ1) is 9.61. The molecule has 1 rings (SSSR count). The lowest BCUT2D eigenvalue weighted by Gasteiger charge is -2.34. The van der Waals surface area contributed by atoms with E-state index >= 15 is 0 Å². The number of alkyl halides is 1. The van der Waals surface area contributed by atoms with Crippen molar-refractivity contribution in [2.24, 2.45) is 0 Å². The van der Waals surface area contributed by atoms with E-state index < -0.39 is 15.6 Å². The Labute approximate surface area is 137 Å². The van der Waals surface area contributed by atoms with E-state index in [0.717, 1.165) is 0 Å². The van der Waals surface area contributed by atoms with Gasteiger partial charge in [0.1, 0.15) is 10.6 Å². The third kappa shape index (κ3) is 3.65. The Balaban J connectivity index is 3.55. The lowest BCUT2D eigenvalue weighted by atomic mass is 10.0. The molecule has 0 aromatic heterocycles. The maximum absolute atomic E-state index is 12.9. The number of benzene rings is 1. The molecule has 0 spiro atoms. The maximum atomic E-state index is 12.9. The average Bonchev–Trinajstić information content (AvgIpc) is 2.45. The van der Waals surface area contributed by atoms with Gasteiger partial charge in [-0.3, -0.25) is 0 Å². The summed E-state index contributed by atoms with van der Waals surface area (Å²) in [5.41, 5.74) is 0.0285. The lowest BCUT2D eigenvalue weighted by Crippen LogP contribution is -2.44. The van der Waals surface area contributed by atoms with Crippen molar-refractivity contribution < 1.29 is 13.2 Å². The van der Waals surface area contributed by atoms with Gasteiger partial charge in [0.25, 0.3) is 0 Å². The van der Waals surface area contributed by atoms with Crippen molar-refractivity contribution in [3.8, 4) is 5.75 Å². The van der Waals surface area contributed by atoms with Crippen LogP contribution in [0.1, 0.15) is 32.8 Å². The van der Waals surface area contributed by atoms with Crippen molar-refractivity contribution in [2.45, 2.75) is 43.5 Å². The van der Waals surface area contributed by atoms with Crippen molar-refractivity contribution >= 4 is 33.2 Å². The van der Waals surface area contributed by atoms with Crippen LogP contribution >= 0.6 is 23.2 Å². The molecule has 1 aromatic rings. The Morgan fingerprint density at radius 3 is 2.33 bits per heavy atom. The van der Waals surface area contributed by atoms with E-state index in [-0.39, 0.29) is 16.5 Å². The summed E-state index contributed by atoms with van der Waals surface area (Å²) < 4.78 is 32.4. The summed E-state index contributed by atoms with van der Waals surface area (Å²) in [4.78, 5) is 0.0391. The fraction of sp³-hybridized carbons (Fsp3) is 0.571. The monoisotopic (exact) mass is 353 g/mol. The average molecular weight is 354 g/mol. The molecule has 0 unspecified atom stereocenters. The molecule has 0 saturated carbocycles. The van der Waals surface area contributed by atoms with Crippen molar-refractivity contribution in [3.05, 3.63) is 22.7 Å². The number of hydrogen-bond acceptors (Lipinski definition) is 3. The van der Waals surface area contributed by atoms with Crippen LogP contribution in [0.15, 0.2) is 17.0 Å². The van der Waals surface area contributed by atoms with Gasteiger partial charge in [0.2, 0.25) is 10.0 Å². The molecule has 0 bridgehead atoms. The number of sulfonamides is 1. The molecule has 7 heteroatoms. The highest BCUT2D eigenvalue weighted by atomic mass is 35.5. The third-order valence-electron chi connectivity index (χ3n) is 3.80. The van der Waals surface area contributed by atoms with Crippen LogP contribution in [-0.4, -0.2) is 32.4 Å². The van der Waals surface area contributed by atoms with Crippen LogP contribution in [0, 0.1) is 0 Å². The van der Waals surface area contributed by atoms with Crippen LogP contribution in [-0.2, 0) is 15.9 Å². The van der Waals surface area contributed by atoms with E-state index in [2.05, 4.69) is 0 Å². The van der Waals surface area contributed by atoms with Gasteiger partial charge in [0.15, 0.2) is 0 Å². The molecule has 0 saturated heterocycles. The van der Waals surface area contributed by atoms with Gasteiger partial charge in [-0.2, -0.15) is 4.31 Å². The van der Waals surface area contributed by atoms with E-state index in [1.54, 1.807) is 13.1 Å². The molecule has 21 heavy (non-hydrogen) atoms. The maximum Gasteiger partial charge on any atom is 0.247 e. The van der Waals surface area contributed by atoms with Crippen LogP contribution in [0.2, 0.25) is 5.02 Å². The lowest BCUT2D eigenvalue weighted by molar-refractivity contribution is 0.256. The van der Waals surface area contributed by atoms with Crippen molar-refractivity contribution in [3.63, 3.8) is 0 Å². The molecule has 120 valence electrons. The number of halogens is 2. The van der Waals surface area contributed by atoms with Crippen LogP contribution < -0.4 is 4.74 Å². The Hall–Kier alpha value is -0.490. The number of ether oxygens (including phenoxy) is 1. The quantitative estimate of drug-likeness (QED) is 0.728. The van der Waals surface area contributed by atoms with Gasteiger partial charge in [0, 0.05) is 23.2 Å². The molecular weight excluding hydrogens is 333 g/mol. The molecule has 4 nitrogen and oxygen atoms in total. The van der Waals surface area contributed by atoms with Crippen LogP contribution in [0.3, 0.4) is 0 Å². The van der Waals surface area contributed by atoms with Crippen LogP contribution in [0.25, 0.3) is 0 Å². The summed E-state index contributed by atoms with van der Waals surface area (Å²) in [7, 11) is -0.766. The van der Waals surface area contributed by atoms with E-state index in [4.69, 9.17) is 27.9 Å². The van der Waals surface area contributed by atoms with Gasteiger partial charge >= 0.3 is 0 Å². The van der Waals surface area contributed by atoms with E-state index in [1.165, 1.54) is 17.5 Å². The number of methoxy groups -OCH3 is 1. The minimum Gasteiger partial charge on any atom is -0.495 e. The smallest absolute Gasteiger partial charge is 0.247 e. The first-order valence-corrected chi connectivity index (χ1v) is 8.88. The molecule has 0 amide bonds. The third-order valence-corrected chi connectivity index (χ3v) is 6.38. The van der Waals surface area contributed by atoms with Gasteiger partial charge in [0.05, 0.1) is 13.0 Å². The zero-order chi connectivity index (χ0) is 16.4. The Morgan fingerprint density at radius 2 is 1.90 bits per heavy atom. The van der Waals surface area contributed by atoms with Crippen LogP contribution in [0.5, 0.6) is 5.75 Å². The van der Waals surface area contributed by atoms with Crippen molar-refractivity contribution in [1.29, 1.82) is 0 Å². The number of nitrogens with zero attached hydrogens (tertiary/aromatic N) is 1. The second-order valence-electron chi connectivity index (χ2n) is 5.37. The minimum atomic E-state index is -3.74. The molecule has 0 fully saturated rings. The van der Waals surface area contributed by atoms with E-state index in [0.29, 0.717) is 17.0 Å². The summed E-state index contributed by atoms with van der Waals surface area (Å²) in [5.74, 6) is 0.362. The molecule has 0 aliphatic heterocycles. The SMILES string of the molecule is CCC(C)(C)N(C)S(=O)(=O)c1cc(Cl)cc(CCl)c1OC. The summed E-state index contributed by atoms with van der Waals surface area (Å²) in [6, 6.07) is 3.01. The van der Waals surface area contributed by atoms with Crippen LogP contribution in [0.4, 0.5) is 0 Å². The fourth-order valence-corrected chi connectivity index (χ4v) is 4.14. The Morgan fingerprint density at radius 1 is 1.33 bits per heavy atom. The second-order valence-corrected chi connectivity index (χ2v) is 8.01. The highest BCUT2D eigenvalue weighted by Gasteiger charge is 2.35. The fourth-order valence-electron chi connectivity index (χ4n) is 1.84. The predicted molar refractivity (Wildman–Crippen MR) is 86.9 cm³/mol. The van der Waals surface area contributed by atoms with Crippen molar-refractivity contribution in [1.82, 2.24) is 4.31 Å². The first kappa shape index (κ1) is 18.6. The Kier molecular flexibility index (Phi) is 5.95. The van der Waals surface area contributed by atoms with Gasteiger partial charge in [-0.05, 0) is 32.4 Å². The highest BCUT2D eigenvalue weighted by Crippen LogP contribution is 2.36. The van der Waals surface area contributed by atoms with E-state index in [9.17, 15) is 8.42 Å². The molecule has 0 atom stereocenters. The zero-order valence-corrected chi connectivity index (χ0v) is 15.2. The summed E-state index contributed by atoms with van der Waals surface area (Å²) in [6.07, 6.45) is 0.675. The summed E-state index contributed by atoms with van der Waals surface area (Å²) >= 11 is 11.9. The van der Waals surface area contributed by atoms with Gasteiger partial charge in [-0.15, -0.1) is 11.6 Å². The molecule has 1 aromatic carbocycles. The number of hydrogen-bond donors (Lipinski definition) is 0. The molecule has 0 aliphatic carbocycles. The number of rotatable bonds is 6. The largest absolute Gasteiger partial charge is 0.495 e. The topological polar surface area (TPSA) is 46.6 Å². The highest BCUT2D eigenvalue weighted by molar-refractivity contribution is 7.89. The standard InChI is InChI=1S/C14H21Cl2NO3S/c1-6-14(2,3)17(4)21(18,19)12-8-11(16)7-10(9-15)13(12)20-5/h7-8H,6,9H2,1-5H3. The molecule has 0 aliphatic rings. The second kappa shape index (κ2) is 6.73. The Bertz CT molecular complexity index is 615. The summed E-state index contributed by atoms with van der Waals surface area (Å²) in [6.45, 7) is 5.67. The van der Waals surface area contributed by atoms with Crippen molar-refractivity contribution in [2.75, 3.05) is 14.2 Å².